The van der Waals surface area contributed by atoms with E-state index in [2.05, 4.69) is 21.9 Å². The zero-order valence-corrected chi connectivity index (χ0v) is 6.75. The molecular weight excluding hydrogens is 164 g/mol. The maximum atomic E-state index is 5.12. The molecule has 0 unspecified atom stereocenters. The fourth-order valence-corrected chi connectivity index (χ4v) is 0.644. The van der Waals surface area contributed by atoms with Gasteiger partial charge in [0.05, 0.1) is 0 Å². The lowest BCUT2D eigenvalue weighted by Gasteiger charge is -1.92. The van der Waals surface area contributed by atoms with Crippen LogP contribution in [0.4, 0.5) is 0 Å². The third kappa shape index (κ3) is 2.18. The summed E-state index contributed by atoms with van der Waals surface area (Å²) in [7, 11) is 0. The summed E-state index contributed by atoms with van der Waals surface area (Å²) in [5.74, 6) is 2.57. The zero-order chi connectivity index (χ0) is 6.57. The highest BCUT2D eigenvalue weighted by molar-refractivity contribution is 9.09. The number of hydrogen-bond donors (Lipinski definition) is 0. The molecule has 0 aliphatic rings. The first-order valence-corrected chi connectivity index (χ1v) is 3.53. The summed E-state index contributed by atoms with van der Waals surface area (Å²) in [5.41, 5.74) is 2.26. The first-order chi connectivity index (χ1) is 3.72. The van der Waals surface area contributed by atoms with Crippen molar-refractivity contribution in [1.82, 2.24) is 0 Å². The molecular formula is C7H9Br. The van der Waals surface area contributed by atoms with Crippen molar-refractivity contribution in [2.45, 2.75) is 13.8 Å². The molecule has 0 fully saturated rings. The average molecular weight is 173 g/mol. The summed E-state index contributed by atoms with van der Waals surface area (Å²) in [5, 5.41) is 0.878. The van der Waals surface area contributed by atoms with E-state index in [1.54, 1.807) is 0 Å². The topological polar surface area (TPSA) is 0 Å². The molecule has 0 heterocycles. The molecule has 0 amide bonds. The molecule has 0 aromatic heterocycles. The van der Waals surface area contributed by atoms with Gasteiger partial charge in [0.25, 0.3) is 0 Å². The van der Waals surface area contributed by atoms with Gasteiger partial charge in [-0.2, -0.15) is 0 Å². The van der Waals surface area contributed by atoms with Crippen molar-refractivity contribution in [2.75, 3.05) is 5.33 Å². The monoisotopic (exact) mass is 172 g/mol. The van der Waals surface area contributed by atoms with Gasteiger partial charge < -0.3 is 0 Å². The SMILES string of the molecule is C#CC(C)=C(C)CBr. The van der Waals surface area contributed by atoms with E-state index in [4.69, 9.17) is 6.42 Å². The Balaban J connectivity index is 4.10. The number of rotatable bonds is 1. The summed E-state index contributed by atoms with van der Waals surface area (Å²) < 4.78 is 0. The van der Waals surface area contributed by atoms with E-state index in [9.17, 15) is 0 Å². The third-order valence-corrected chi connectivity index (χ3v) is 1.90. The highest BCUT2D eigenvalue weighted by Gasteiger charge is 1.87. The first-order valence-electron chi connectivity index (χ1n) is 2.41. The molecule has 0 radical (unpaired) electrons. The van der Waals surface area contributed by atoms with Gasteiger partial charge in [-0.05, 0) is 19.4 Å². The Hall–Kier alpha value is -0.220. The molecule has 0 aromatic carbocycles. The van der Waals surface area contributed by atoms with Gasteiger partial charge in [0, 0.05) is 5.33 Å². The number of terminal acetylenes is 1. The molecule has 0 spiro atoms. The predicted octanol–water partition coefficient (Wildman–Crippen LogP) is 2.35. The molecule has 0 atom stereocenters. The fourth-order valence-electron chi connectivity index (χ4n) is 0.223. The summed E-state index contributed by atoms with van der Waals surface area (Å²) in [6.45, 7) is 3.96. The molecule has 0 bridgehead atoms. The van der Waals surface area contributed by atoms with Crippen LogP contribution in [-0.4, -0.2) is 5.33 Å². The van der Waals surface area contributed by atoms with Gasteiger partial charge in [0.1, 0.15) is 0 Å². The summed E-state index contributed by atoms with van der Waals surface area (Å²) >= 11 is 3.30. The lowest BCUT2D eigenvalue weighted by Crippen LogP contribution is -1.80. The second-order valence-electron chi connectivity index (χ2n) is 1.68. The van der Waals surface area contributed by atoms with E-state index in [-0.39, 0.29) is 0 Å². The zero-order valence-electron chi connectivity index (χ0n) is 5.16. The maximum absolute atomic E-state index is 5.12. The normalized spacial score (nSPS) is 12.2. The van der Waals surface area contributed by atoms with E-state index < -0.39 is 0 Å². The van der Waals surface area contributed by atoms with Crippen LogP contribution in [0.2, 0.25) is 0 Å². The average Bonchev–Trinajstić information content (AvgIpc) is 1.84. The van der Waals surface area contributed by atoms with Gasteiger partial charge in [-0.3, -0.25) is 0 Å². The van der Waals surface area contributed by atoms with Gasteiger partial charge in [-0.15, -0.1) is 6.42 Å². The van der Waals surface area contributed by atoms with Crippen LogP contribution >= 0.6 is 15.9 Å². The molecule has 44 valence electrons. The molecule has 0 aromatic rings. The van der Waals surface area contributed by atoms with Crippen molar-refractivity contribution in [3.8, 4) is 12.3 Å². The van der Waals surface area contributed by atoms with Gasteiger partial charge >= 0.3 is 0 Å². The van der Waals surface area contributed by atoms with Crippen LogP contribution in [0.5, 0.6) is 0 Å². The van der Waals surface area contributed by atoms with E-state index in [1.165, 1.54) is 5.57 Å². The van der Waals surface area contributed by atoms with Crippen LogP contribution in [0, 0.1) is 12.3 Å². The second-order valence-corrected chi connectivity index (χ2v) is 2.24. The van der Waals surface area contributed by atoms with Crippen molar-refractivity contribution >= 4 is 15.9 Å². The van der Waals surface area contributed by atoms with Gasteiger partial charge in [-0.1, -0.05) is 27.4 Å². The Morgan fingerprint density at radius 3 is 2.25 bits per heavy atom. The minimum absolute atomic E-state index is 0.878. The smallest absolute Gasteiger partial charge is 0.0251 e. The third-order valence-electron chi connectivity index (χ3n) is 1.06. The van der Waals surface area contributed by atoms with Crippen LogP contribution < -0.4 is 0 Å². The van der Waals surface area contributed by atoms with Crippen LogP contribution in [0.3, 0.4) is 0 Å². The Kier molecular flexibility index (Phi) is 3.64. The van der Waals surface area contributed by atoms with E-state index in [0.717, 1.165) is 10.9 Å². The molecule has 0 N–H and O–H groups in total. The van der Waals surface area contributed by atoms with Crippen LogP contribution in [0.25, 0.3) is 0 Å². The highest BCUT2D eigenvalue weighted by atomic mass is 79.9. The van der Waals surface area contributed by atoms with Crippen molar-refractivity contribution < 1.29 is 0 Å². The molecule has 0 rings (SSSR count). The molecule has 1 heteroatoms. The van der Waals surface area contributed by atoms with Gasteiger partial charge in [0.15, 0.2) is 0 Å². The maximum Gasteiger partial charge on any atom is 0.0251 e. The van der Waals surface area contributed by atoms with Crippen LogP contribution in [0.15, 0.2) is 11.1 Å². The Bertz CT molecular complexity index is 137. The Morgan fingerprint density at radius 2 is 2.12 bits per heavy atom. The fraction of sp³-hybridized carbons (Fsp3) is 0.429. The number of alkyl halides is 1. The van der Waals surface area contributed by atoms with E-state index in [0.29, 0.717) is 0 Å². The highest BCUT2D eigenvalue weighted by Crippen LogP contribution is 2.03. The Morgan fingerprint density at radius 1 is 1.62 bits per heavy atom. The molecule has 0 aliphatic carbocycles. The first kappa shape index (κ1) is 7.78. The minimum atomic E-state index is 0.878. The molecule has 8 heavy (non-hydrogen) atoms. The lowest BCUT2D eigenvalue weighted by molar-refractivity contribution is 1.33. The van der Waals surface area contributed by atoms with Crippen molar-refractivity contribution in [1.29, 1.82) is 0 Å². The molecule has 0 saturated heterocycles. The molecule has 0 aliphatic heterocycles. The number of allylic oxidation sites excluding steroid dienone is 2. The van der Waals surface area contributed by atoms with Crippen molar-refractivity contribution in [2.24, 2.45) is 0 Å². The summed E-state index contributed by atoms with van der Waals surface area (Å²) in [6, 6.07) is 0. The molecule has 0 saturated carbocycles. The van der Waals surface area contributed by atoms with Gasteiger partial charge in [0.2, 0.25) is 0 Å². The Labute approximate surface area is 59.1 Å². The van der Waals surface area contributed by atoms with E-state index in [1.807, 2.05) is 13.8 Å². The standard InChI is InChI=1S/C7H9Br/c1-4-6(2)7(3)5-8/h1H,5H2,2-3H3. The van der Waals surface area contributed by atoms with E-state index >= 15 is 0 Å². The number of hydrogen-bond acceptors (Lipinski definition) is 0. The lowest BCUT2D eigenvalue weighted by atomic mass is 10.2. The largest absolute Gasteiger partial charge is 0.115 e. The van der Waals surface area contributed by atoms with Crippen molar-refractivity contribution in [3.05, 3.63) is 11.1 Å². The molecule has 0 nitrogen and oxygen atoms in total. The summed E-state index contributed by atoms with van der Waals surface area (Å²) in [4.78, 5) is 0. The second kappa shape index (κ2) is 3.74. The minimum Gasteiger partial charge on any atom is -0.115 e. The van der Waals surface area contributed by atoms with Crippen molar-refractivity contribution in [3.63, 3.8) is 0 Å². The van der Waals surface area contributed by atoms with Gasteiger partial charge in [-0.25, -0.2) is 0 Å². The van der Waals surface area contributed by atoms with Crippen LogP contribution in [-0.2, 0) is 0 Å². The van der Waals surface area contributed by atoms with Crippen LogP contribution in [0.1, 0.15) is 13.8 Å². The number of halogens is 1. The predicted molar refractivity (Wildman–Crippen MR) is 41.0 cm³/mol. The summed E-state index contributed by atoms with van der Waals surface area (Å²) in [6.07, 6.45) is 5.12. The quantitative estimate of drug-likeness (QED) is 0.421.